The highest BCUT2D eigenvalue weighted by molar-refractivity contribution is 14.0. The molecule has 1 aliphatic heterocycles. The van der Waals surface area contributed by atoms with Gasteiger partial charge in [0.15, 0.2) is 5.17 Å². The second kappa shape index (κ2) is 8.04. The van der Waals surface area contributed by atoms with E-state index in [-0.39, 0.29) is 24.0 Å². The van der Waals surface area contributed by atoms with Crippen LogP contribution in [0.3, 0.4) is 0 Å². The predicted octanol–water partition coefficient (Wildman–Crippen LogP) is 3.83. The Hall–Kier alpha value is -0.230. The van der Waals surface area contributed by atoms with E-state index in [9.17, 15) is 0 Å². The summed E-state index contributed by atoms with van der Waals surface area (Å²) >= 11 is 1.75. The molecule has 0 N–H and O–H groups in total. The van der Waals surface area contributed by atoms with Crippen molar-refractivity contribution >= 4 is 40.9 Å². The number of aliphatic imine (C=N–C) groups is 1. The lowest BCUT2D eigenvalue weighted by atomic mass is 9.90. The van der Waals surface area contributed by atoms with Gasteiger partial charge in [0.2, 0.25) is 0 Å². The van der Waals surface area contributed by atoms with E-state index < -0.39 is 0 Å². The molecule has 2 nitrogen and oxygen atoms in total. The Morgan fingerprint density at radius 3 is 2.33 bits per heavy atom. The Balaban J connectivity index is 0.00000162. The van der Waals surface area contributed by atoms with Crippen LogP contribution in [0.5, 0.6) is 0 Å². The molecule has 18 heavy (non-hydrogen) atoms. The first-order chi connectivity index (χ1) is 8.35. The number of hydrogen-bond donors (Lipinski definition) is 0. The van der Waals surface area contributed by atoms with E-state index >= 15 is 0 Å². The highest BCUT2D eigenvalue weighted by Gasteiger charge is 2.21. The fourth-order valence-corrected chi connectivity index (χ4v) is 3.11. The maximum absolute atomic E-state index is 4.33. The van der Waals surface area contributed by atoms with Gasteiger partial charge in [-0.2, -0.15) is 0 Å². The molecule has 1 aromatic rings. The van der Waals surface area contributed by atoms with Crippen LogP contribution in [-0.2, 0) is 0 Å². The SMILES string of the molecule is CN=C(SC)N1CCC(c2ccccc2)CC1.I. The van der Waals surface area contributed by atoms with Gasteiger partial charge in [-0.05, 0) is 30.6 Å². The lowest BCUT2D eigenvalue weighted by Crippen LogP contribution is -2.36. The number of thioether (sulfide) groups is 1. The quantitative estimate of drug-likeness (QED) is 0.421. The molecule has 0 amide bonds. The fourth-order valence-electron chi connectivity index (χ4n) is 2.49. The summed E-state index contributed by atoms with van der Waals surface area (Å²) in [6, 6.07) is 10.9. The van der Waals surface area contributed by atoms with Gasteiger partial charge in [-0.15, -0.1) is 24.0 Å². The zero-order valence-corrected chi connectivity index (χ0v) is 14.2. The van der Waals surface area contributed by atoms with Gasteiger partial charge >= 0.3 is 0 Å². The predicted molar refractivity (Wildman–Crippen MR) is 92.3 cm³/mol. The van der Waals surface area contributed by atoms with E-state index in [0.717, 1.165) is 19.0 Å². The van der Waals surface area contributed by atoms with E-state index in [4.69, 9.17) is 0 Å². The van der Waals surface area contributed by atoms with Gasteiger partial charge in [0.05, 0.1) is 0 Å². The third-order valence-corrected chi connectivity index (χ3v) is 4.22. The van der Waals surface area contributed by atoms with Gasteiger partial charge in [-0.3, -0.25) is 4.99 Å². The molecule has 2 rings (SSSR count). The van der Waals surface area contributed by atoms with Crippen LogP contribution in [0.2, 0.25) is 0 Å². The summed E-state index contributed by atoms with van der Waals surface area (Å²) < 4.78 is 0. The molecule has 0 aliphatic carbocycles. The van der Waals surface area contributed by atoms with Gasteiger partial charge in [-0.1, -0.05) is 42.1 Å². The minimum absolute atomic E-state index is 0. The topological polar surface area (TPSA) is 15.6 Å². The second-order valence-corrected chi connectivity index (χ2v) is 5.16. The second-order valence-electron chi connectivity index (χ2n) is 4.38. The molecule has 0 saturated carbocycles. The summed E-state index contributed by atoms with van der Waals surface area (Å²) in [5.41, 5.74) is 1.49. The van der Waals surface area contributed by atoms with E-state index in [0.29, 0.717) is 0 Å². The van der Waals surface area contributed by atoms with Crippen molar-refractivity contribution in [3.8, 4) is 0 Å². The van der Waals surface area contributed by atoms with E-state index in [1.165, 1.54) is 23.6 Å². The van der Waals surface area contributed by atoms with Crippen LogP contribution in [0.4, 0.5) is 0 Å². The van der Waals surface area contributed by atoms with Gasteiger partial charge in [-0.25, -0.2) is 0 Å². The zero-order valence-electron chi connectivity index (χ0n) is 11.0. The molecule has 0 radical (unpaired) electrons. The molecular formula is C14H21IN2S. The number of rotatable bonds is 1. The number of nitrogens with zero attached hydrogens (tertiary/aromatic N) is 2. The van der Waals surface area contributed by atoms with Crippen LogP contribution >= 0.6 is 35.7 Å². The maximum Gasteiger partial charge on any atom is 0.158 e. The molecule has 4 heteroatoms. The van der Waals surface area contributed by atoms with E-state index in [1.54, 1.807) is 11.8 Å². The smallest absolute Gasteiger partial charge is 0.158 e. The highest BCUT2D eigenvalue weighted by atomic mass is 127. The van der Waals surface area contributed by atoms with Crippen molar-refractivity contribution in [2.24, 2.45) is 4.99 Å². The number of benzene rings is 1. The minimum atomic E-state index is 0. The molecule has 1 fully saturated rings. The van der Waals surface area contributed by atoms with Gasteiger partial charge in [0.25, 0.3) is 0 Å². The molecule has 1 saturated heterocycles. The Morgan fingerprint density at radius 1 is 1.22 bits per heavy atom. The summed E-state index contributed by atoms with van der Waals surface area (Å²) in [6.45, 7) is 2.26. The van der Waals surface area contributed by atoms with Crippen LogP contribution in [-0.4, -0.2) is 36.5 Å². The van der Waals surface area contributed by atoms with Crippen molar-refractivity contribution in [3.05, 3.63) is 35.9 Å². The third-order valence-electron chi connectivity index (χ3n) is 3.41. The Labute approximate surface area is 131 Å². The average molecular weight is 376 g/mol. The average Bonchev–Trinajstić information content (AvgIpc) is 2.42. The van der Waals surface area contributed by atoms with Crippen molar-refractivity contribution in [3.63, 3.8) is 0 Å². The Kier molecular flexibility index (Phi) is 7.07. The first-order valence-electron chi connectivity index (χ1n) is 6.16. The van der Waals surface area contributed by atoms with Gasteiger partial charge in [0, 0.05) is 20.1 Å². The summed E-state index contributed by atoms with van der Waals surface area (Å²) in [7, 11) is 1.88. The first kappa shape index (κ1) is 15.8. The maximum atomic E-state index is 4.33. The van der Waals surface area contributed by atoms with Crippen LogP contribution in [0.1, 0.15) is 24.3 Å². The molecule has 100 valence electrons. The molecule has 1 heterocycles. The normalized spacial score (nSPS) is 17.4. The van der Waals surface area contributed by atoms with Crippen molar-refractivity contribution in [2.75, 3.05) is 26.4 Å². The number of likely N-dealkylation sites (tertiary alicyclic amines) is 1. The third kappa shape index (κ3) is 3.88. The highest BCUT2D eigenvalue weighted by Crippen LogP contribution is 2.28. The summed E-state index contributed by atoms with van der Waals surface area (Å²) in [5, 5.41) is 1.18. The summed E-state index contributed by atoms with van der Waals surface area (Å²) in [4.78, 5) is 6.74. The lowest BCUT2D eigenvalue weighted by molar-refractivity contribution is 0.317. The van der Waals surface area contributed by atoms with E-state index in [1.807, 2.05) is 7.05 Å². The standard InChI is InChI=1S/C14H20N2S.HI/c1-15-14(17-2)16-10-8-13(9-11-16)12-6-4-3-5-7-12;/h3-7,13H,8-11H2,1-2H3;1H. The molecule has 1 aromatic carbocycles. The molecule has 0 bridgehead atoms. The molecule has 0 aromatic heterocycles. The van der Waals surface area contributed by atoms with Crippen LogP contribution in [0, 0.1) is 0 Å². The lowest BCUT2D eigenvalue weighted by Gasteiger charge is -2.33. The van der Waals surface area contributed by atoms with E-state index in [2.05, 4.69) is 46.5 Å². The Morgan fingerprint density at radius 2 is 1.83 bits per heavy atom. The minimum Gasteiger partial charge on any atom is -0.351 e. The van der Waals surface area contributed by atoms with Crippen molar-refractivity contribution in [1.29, 1.82) is 0 Å². The molecule has 0 atom stereocenters. The van der Waals surface area contributed by atoms with Crippen molar-refractivity contribution < 1.29 is 0 Å². The fraction of sp³-hybridized carbons (Fsp3) is 0.500. The van der Waals surface area contributed by atoms with Crippen LogP contribution in [0.15, 0.2) is 35.3 Å². The van der Waals surface area contributed by atoms with Crippen molar-refractivity contribution in [2.45, 2.75) is 18.8 Å². The molecular weight excluding hydrogens is 355 g/mol. The van der Waals surface area contributed by atoms with Gasteiger partial charge in [0.1, 0.15) is 0 Å². The molecule has 0 spiro atoms. The van der Waals surface area contributed by atoms with Crippen LogP contribution in [0.25, 0.3) is 0 Å². The monoisotopic (exact) mass is 376 g/mol. The summed E-state index contributed by atoms with van der Waals surface area (Å²) in [5.74, 6) is 0.729. The molecule has 0 unspecified atom stereocenters. The number of hydrogen-bond acceptors (Lipinski definition) is 2. The first-order valence-corrected chi connectivity index (χ1v) is 7.38. The largest absolute Gasteiger partial charge is 0.351 e. The zero-order chi connectivity index (χ0) is 12.1. The number of halogens is 1. The van der Waals surface area contributed by atoms with Gasteiger partial charge < -0.3 is 4.90 Å². The Bertz CT molecular complexity index is 373. The number of amidine groups is 1. The number of piperidine rings is 1. The van der Waals surface area contributed by atoms with Crippen molar-refractivity contribution in [1.82, 2.24) is 4.90 Å². The summed E-state index contributed by atoms with van der Waals surface area (Å²) in [6.07, 6.45) is 4.58. The van der Waals surface area contributed by atoms with Crippen LogP contribution < -0.4 is 0 Å². The molecule has 1 aliphatic rings.